The van der Waals surface area contributed by atoms with Crippen LogP contribution in [-0.4, -0.2) is 21.1 Å². The van der Waals surface area contributed by atoms with Gasteiger partial charge in [0.25, 0.3) is 5.91 Å². The van der Waals surface area contributed by atoms with E-state index < -0.39 is 0 Å². The monoisotopic (exact) mass is 384 g/mol. The molecule has 0 radical (unpaired) electrons. The van der Waals surface area contributed by atoms with E-state index in [0.29, 0.717) is 11.0 Å². The van der Waals surface area contributed by atoms with Gasteiger partial charge in [-0.3, -0.25) is 9.89 Å². The van der Waals surface area contributed by atoms with Crippen molar-refractivity contribution < 1.29 is 4.79 Å². The Morgan fingerprint density at radius 1 is 1.10 bits per heavy atom. The molecular weight excluding hydrogens is 360 g/mol. The standard InChI is InChI=1S/C24H24N4O/c1-24(2)11-10-18-21(14-24)27-28-22(18)20-12-15-8-9-16(13-19(15)26-20)23(29)25-17-6-4-3-5-7-17/h3-9,12-13,26H,10-11,14H2,1-2H3,(H,25,29)(H,27,28). The molecular formula is C24H24N4O. The van der Waals surface area contributed by atoms with E-state index in [0.717, 1.165) is 47.2 Å². The third-order valence-electron chi connectivity index (χ3n) is 5.83. The van der Waals surface area contributed by atoms with Crippen molar-refractivity contribution in [3.63, 3.8) is 0 Å². The molecule has 0 fully saturated rings. The lowest BCUT2D eigenvalue weighted by atomic mass is 9.76. The van der Waals surface area contributed by atoms with Crippen molar-refractivity contribution in [2.75, 3.05) is 5.32 Å². The van der Waals surface area contributed by atoms with E-state index >= 15 is 0 Å². The minimum absolute atomic E-state index is 0.117. The molecule has 0 bridgehead atoms. The Hall–Kier alpha value is -3.34. The van der Waals surface area contributed by atoms with Crippen LogP contribution in [0.4, 0.5) is 5.69 Å². The summed E-state index contributed by atoms with van der Waals surface area (Å²) in [5.41, 5.74) is 7.23. The minimum atomic E-state index is -0.117. The summed E-state index contributed by atoms with van der Waals surface area (Å²) in [6.45, 7) is 4.61. The molecule has 5 nitrogen and oxygen atoms in total. The predicted molar refractivity (Wildman–Crippen MR) is 116 cm³/mol. The minimum Gasteiger partial charge on any atom is -0.353 e. The number of para-hydroxylation sites is 1. The number of H-pyrrole nitrogens is 2. The SMILES string of the molecule is CC1(C)CCc2c(-c3cc4ccc(C(=O)Nc5ccccc5)cc4[nH]3)n[nH]c2C1. The highest BCUT2D eigenvalue weighted by molar-refractivity contribution is 6.06. The molecule has 1 amide bonds. The summed E-state index contributed by atoms with van der Waals surface area (Å²) in [4.78, 5) is 16.1. The third-order valence-corrected chi connectivity index (χ3v) is 5.83. The number of carbonyl (C=O) groups is 1. The van der Waals surface area contributed by atoms with Gasteiger partial charge in [-0.2, -0.15) is 5.10 Å². The first-order valence-electron chi connectivity index (χ1n) is 10.0. The van der Waals surface area contributed by atoms with E-state index in [9.17, 15) is 4.79 Å². The zero-order valence-electron chi connectivity index (χ0n) is 16.7. The van der Waals surface area contributed by atoms with Crippen molar-refractivity contribution in [2.45, 2.75) is 33.1 Å². The zero-order valence-corrected chi connectivity index (χ0v) is 16.7. The second-order valence-corrected chi connectivity index (χ2v) is 8.68. The van der Waals surface area contributed by atoms with Crippen molar-refractivity contribution in [1.29, 1.82) is 0 Å². The van der Waals surface area contributed by atoms with Crippen LogP contribution in [0.15, 0.2) is 54.6 Å². The molecule has 0 saturated heterocycles. The number of nitrogens with zero attached hydrogens (tertiary/aromatic N) is 1. The van der Waals surface area contributed by atoms with Crippen molar-refractivity contribution in [1.82, 2.24) is 15.2 Å². The highest BCUT2D eigenvalue weighted by atomic mass is 16.1. The quantitative estimate of drug-likeness (QED) is 0.447. The summed E-state index contributed by atoms with van der Waals surface area (Å²) < 4.78 is 0. The normalized spacial score (nSPS) is 15.2. The zero-order chi connectivity index (χ0) is 20.0. The van der Waals surface area contributed by atoms with Gasteiger partial charge in [0.1, 0.15) is 5.69 Å². The maximum Gasteiger partial charge on any atom is 0.255 e. The van der Waals surface area contributed by atoms with E-state index in [1.54, 1.807) is 0 Å². The van der Waals surface area contributed by atoms with E-state index in [4.69, 9.17) is 0 Å². The molecule has 5 heteroatoms. The van der Waals surface area contributed by atoms with Gasteiger partial charge >= 0.3 is 0 Å². The first-order chi connectivity index (χ1) is 14.0. The molecule has 0 spiro atoms. The van der Waals surface area contributed by atoms with E-state index in [1.807, 2.05) is 48.5 Å². The number of hydrogen-bond acceptors (Lipinski definition) is 2. The summed E-state index contributed by atoms with van der Waals surface area (Å²) in [5.74, 6) is -0.117. The van der Waals surface area contributed by atoms with Crippen molar-refractivity contribution in [3.8, 4) is 11.4 Å². The average Bonchev–Trinajstić information content (AvgIpc) is 3.30. The Labute approximate surface area is 169 Å². The number of hydrogen-bond donors (Lipinski definition) is 3. The van der Waals surface area contributed by atoms with E-state index in [2.05, 4.69) is 40.4 Å². The number of fused-ring (bicyclic) bond motifs is 2. The molecule has 1 aliphatic carbocycles. The number of aromatic nitrogens is 3. The second-order valence-electron chi connectivity index (χ2n) is 8.68. The lowest BCUT2D eigenvalue weighted by Gasteiger charge is -2.28. The van der Waals surface area contributed by atoms with Crippen LogP contribution in [0.5, 0.6) is 0 Å². The average molecular weight is 384 g/mol. The van der Waals surface area contributed by atoms with Gasteiger partial charge in [0.05, 0.1) is 5.69 Å². The Kier molecular flexibility index (Phi) is 4.05. The fraction of sp³-hybridized carbons (Fsp3) is 0.250. The van der Waals surface area contributed by atoms with Crippen LogP contribution in [-0.2, 0) is 12.8 Å². The number of benzene rings is 2. The molecule has 2 heterocycles. The molecule has 1 aliphatic rings. The summed E-state index contributed by atoms with van der Waals surface area (Å²) >= 11 is 0. The van der Waals surface area contributed by atoms with Crippen molar-refractivity contribution in [3.05, 3.63) is 71.4 Å². The van der Waals surface area contributed by atoms with Gasteiger partial charge in [0.2, 0.25) is 0 Å². The second kappa shape index (κ2) is 6.62. The third kappa shape index (κ3) is 3.33. The number of amides is 1. The predicted octanol–water partition coefficient (Wildman–Crippen LogP) is 5.33. The van der Waals surface area contributed by atoms with Crippen LogP contribution in [0, 0.1) is 5.41 Å². The highest BCUT2D eigenvalue weighted by Gasteiger charge is 2.29. The lowest BCUT2D eigenvalue weighted by Crippen LogP contribution is -2.21. The van der Waals surface area contributed by atoms with Crippen LogP contribution in [0.25, 0.3) is 22.3 Å². The van der Waals surface area contributed by atoms with Gasteiger partial charge in [0.15, 0.2) is 0 Å². The van der Waals surface area contributed by atoms with Crippen LogP contribution in [0.2, 0.25) is 0 Å². The van der Waals surface area contributed by atoms with Gasteiger partial charge in [-0.1, -0.05) is 38.1 Å². The molecule has 0 atom stereocenters. The van der Waals surface area contributed by atoms with Gasteiger partial charge < -0.3 is 10.3 Å². The summed E-state index contributed by atoms with van der Waals surface area (Å²) in [6, 6.07) is 17.4. The summed E-state index contributed by atoms with van der Waals surface area (Å²) in [7, 11) is 0. The van der Waals surface area contributed by atoms with Crippen molar-refractivity contribution in [2.24, 2.45) is 5.41 Å². The Morgan fingerprint density at radius 2 is 1.93 bits per heavy atom. The van der Waals surface area contributed by atoms with Gasteiger partial charge in [-0.15, -0.1) is 0 Å². The van der Waals surface area contributed by atoms with Crippen LogP contribution >= 0.6 is 0 Å². The first-order valence-corrected chi connectivity index (χ1v) is 10.0. The smallest absolute Gasteiger partial charge is 0.255 e. The molecule has 0 unspecified atom stereocenters. The first kappa shape index (κ1) is 17.7. The van der Waals surface area contributed by atoms with Gasteiger partial charge in [-0.05, 0) is 55.0 Å². The fourth-order valence-corrected chi connectivity index (χ4v) is 4.19. The Bertz CT molecular complexity index is 1200. The molecule has 2 aromatic carbocycles. The molecule has 4 aromatic rings. The number of carbonyl (C=O) groups excluding carboxylic acids is 1. The van der Waals surface area contributed by atoms with Crippen molar-refractivity contribution >= 4 is 22.5 Å². The molecule has 146 valence electrons. The van der Waals surface area contributed by atoms with Gasteiger partial charge in [0, 0.05) is 33.4 Å². The fourth-order valence-electron chi connectivity index (χ4n) is 4.19. The number of aromatic amines is 2. The maximum atomic E-state index is 12.6. The number of rotatable bonds is 3. The van der Waals surface area contributed by atoms with E-state index in [-0.39, 0.29) is 5.91 Å². The highest BCUT2D eigenvalue weighted by Crippen LogP contribution is 2.38. The van der Waals surface area contributed by atoms with Crippen LogP contribution in [0.3, 0.4) is 0 Å². The van der Waals surface area contributed by atoms with E-state index in [1.165, 1.54) is 11.3 Å². The lowest BCUT2D eigenvalue weighted by molar-refractivity contribution is 0.102. The molecule has 0 saturated carbocycles. The Balaban J connectivity index is 1.45. The molecule has 5 rings (SSSR count). The van der Waals surface area contributed by atoms with Crippen LogP contribution < -0.4 is 5.32 Å². The summed E-state index contributed by atoms with van der Waals surface area (Å²) in [6.07, 6.45) is 3.23. The molecule has 2 aromatic heterocycles. The Morgan fingerprint density at radius 3 is 2.76 bits per heavy atom. The largest absolute Gasteiger partial charge is 0.353 e. The number of anilines is 1. The van der Waals surface area contributed by atoms with Gasteiger partial charge in [-0.25, -0.2) is 0 Å². The molecule has 3 N–H and O–H groups in total. The maximum absolute atomic E-state index is 12.6. The summed E-state index contributed by atoms with van der Waals surface area (Å²) in [5, 5.41) is 11.9. The number of nitrogens with one attached hydrogen (secondary N) is 3. The topological polar surface area (TPSA) is 73.6 Å². The molecule has 29 heavy (non-hydrogen) atoms. The van der Waals surface area contributed by atoms with Crippen LogP contribution in [0.1, 0.15) is 41.9 Å². The molecule has 0 aliphatic heterocycles.